The average molecular weight is 242 g/mol. The molecule has 0 aliphatic rings. The first kappa shape index (κ1) is 11.3. The van der Waals surface area contributed by atoms with Crippen LogP contribution in [0.25, 0.3) is 0 Å². The van der Waals surface area contributed by atoms with Gasteiger partial charge in [0.15, 0.2) is 0 Å². The Morgan fingerprint density at radius 3 is 2.27 bits per heavy atom. The second kappa shape index (κ2) is 4.14. The number of benzene rings is 1. The van der Waals surface area contributed by atoms with Crippen LogP contribution in [0.4, 0.5) is 5.69 Å². The first-order chi connectivity index (χ1) is 7.02. The molecule has 0 heterocycles. The monoisotopic (exact) mass is 241 g/mol. The summed E-state index contributed by atoms with van der Waals surface area (Å²) >= 11 is 11.2. The minimum atomic E-state index is -0.777. The molecule has 1 aromatic carbocycles. The minimum Gasteiger partial charge on any atom is -0.258 e. The van der Waals surface area contributed by atoms with Gasteiger partial charge in [0.2, 0.25) is 0 Å². The molecule has 0 atom stereocenters. The first-order valence-electron chi connectivity index (χ1n) is 3.49. The van der Waals surface area contributed by atoms with Crippen LogP contribution < -0.4 is 0 Å². The lowest BCUT2D eigenvalue weighted by atomic mass is 10.1. The van der Waals surface area contributed by atoms with E-state index >= 15 is 0 Å². The van der Waals surface area contributed by atoms with E-state index in [9.17, 15) is 10.1 Å². The second-order valence-corrected chi connectivity index (χ2v) is 3.18. The molecule has 0 saturated heterocycles. The highest BCUT2D eigenvalue weighted by molar-refractivity contribution is 6.38. The summed E-state index contributed by atoms with van der Waals surface area (Å²) in [5.74, 6) is 0. The fourth-order valence-corrected chi connectivity index (χ4v) is 1.48. The van der Waals surface area contributed by atoms with E-state index in [2.05, 4.69) is 0 Å². The van der Waals surface area contributed by atoms with Crippen LogP contribution in [0.1, 0.15) is 11.1 Å². The van der Waals surface area contributed by atoms with Crippen LogP contribution in [0.5, 0.6) is 0 Å². The maximum Gasteiger partial charge on any atom is 0.290 e. The third kappa shape index (κ3) is 1.84. The smallest absolute Gasteiger partial charge is 0.258 e. The van der Waals surface area contributed by atoms with Gasteiger partial charge in [-0.25, -0.2) is 0 Å². The summed E-state index contributed by atoms with van der Waals surface area (Å²) in [6, 6.07) is 4.20. The summed E-state index contributed by atoms with van der Waals surface area (Å²) < 4.78 is 0. The molecular weight excluding hydrogens is 241 g/mol. The zero-order chi connectivity index (χ0) is 11.6. The van der Waals surface area contributed by atoms with E-state index in [-0.39, 0.29) is 21.2 Å². The molecule has 0 spiro atoms. The van der Waals surface area contributed by atoms with Crippen molar-refractivity contribution in [2.75, 3.05) is 0 Å². The molecule has 0 aromatic heterocycles. The molecule has 0 fully saturated rings. The number of hydrogen-bond donors (Lipinski definition) is 0. The van der Waals surface area contributed by atoms with Gasteiger partial charge < -0.3 is 0 Å². The van der Waals surface area contributed by atoms with Crippen molar-refractivity contribution >= 4 is 28.9 Å². The van der Waals surface area contributed by atoms with Gasteiger partial charge in [-0.3, -0.25) is 10.1 Å². The van der Waals surface area contributed by atoms with E-state index in [1.165, 1.54) is 0 Å². The highest BCUT2D eigenvalue weighted by Crippen LogP contribution is 2.35. The molecule has 74 valence electrons. The number of nitrogens with zero attached hydrogens (tertiary/aromatic N) is 3. The fraction of sp³-hybridized carbons (Fsp3) is 0. The molecular formula is C8HCl2N3O2. The summed E-state index contributed by atoms with van der Waals surface area (Å²) in [4.78, 5) is 9.75. The molecule has 0 radical (unpaired) electrons. The molecule has 7 heteroatoms. The summed E-state index contributed by atoms with van der Waals surface area (Å²) in [5, 5.41) is 27.3. The molecule has 0 saturated carbocycles. The Morgan fingerprint density at radius 2 is 1.87 bits per heavy atom. The van der Waals surface area contributed by atoms with Gasteiger partial charge in [-0.1, -0.05) is 23.2 Å². The van der Waals surface area contributed by atoms with Crippen molar-refractivity contribution in [2.24, 2.45) is 0 Å². The topological polar surface area (TPSA) is 90.7 Å². The Balaban J connectivity index is 3.70. The number of rotatable bonds is 1. The Labute approximate surface area is 94.2 Å². The van der Waals surface area contributed by atoms with Crippen molar-refractivity contribution < 1.29 is 4.92 Å². The SMILES string of the molecule is N#Cc1cc([N+](=O)[O-])c(Cl)c(C#N)c1Cl. The minimum absolute atomic E-state index is 0.149. The van der Waals surface area contributed by atoms with Gasteiger partial charge in [0.05, 0.1) is 21.1 Å². The van der Waals surface area contributed by atoms with E-state index in [1.807, 2.05) is 0 Å². The third-order valence-corrected chi connectivity index (χ3v) is 2.39. The molecule has 1 rings (SSSR count). The number of nitro groups is 1. The summed E-state index contributed by atoms with van der Waals surface area (Å²) in [5.41, 5.74) is -0.914. The van der Waals surface area contributed by atoms with Gasteiger partial charge in [0.25, 0.3) is 5.69 Å². The average Bonchev–Trinajstić information content (AvgIpc) is 2.18. The van der Waals surface area contributed by atoms with E-state index < -0.39 is 10.6 Å². The highest BCUT2D eigenvalue weighted by atomic mass is 35.5. The van der Waals surface area contributed by atoms with Gasteiger partial charge >= 0.3 is 0 Å². The highest BCUT2D eigenvalue weighted by Gasteiger charge is 2.22. The van der Waals surface area contributed by atoms with E-state index in [1.54, 1.807) is 12.1 Å². The van der Waals surface area contributed by atoms with Crippen LogP contribution in [-0.2, 0) is 0 Å². The molecule has 0 amide bonds. The van der Waals surface area contributed by atoms with Crippen LogP contribution in [0.2, 0.25) is 10.0 Å². The van der Waals surface area contributed by atoms with Crippen molar-refractivity contribution in [1.29, 1.82) is 10.5 Å². The van der Waals surface area contributed by atoms with Crippen molar-refractivity contribution in [3.63, 3.8) is 0 Å². The van der Waals surface area contributed by atoms with Crippen molar-refractivity contribution in [3.05, 3.63) is 37.4 Å². The predicted octanol–water partition coefficient (Wildman–Crippen LogP) is 2.64. The number of nitriles is 2. The quantitative estimate of drug-likeness (QED) is 0.558. The summed E-state index contributed by atoms with van der Waals surface area (Å²) in [6.45, 7) is 0. The van der Waals surface area contributed by atoms with Gasteiger partial charge in [-0.05, 0) is 0 Å². The van der Waals surface area contributed by atoms with Gasteiger partial charge in [0.1, 0.15) is 17.2 Å². The summed E-state index contributed by atoms with van der Waals surface area (Å²) in [6.07, 6.45) is 0. The van der Waals surface area contributed by atoms with Crippen LogP contribution in [0.3, 0.4) is 0 Å². The molecule has 5 nitrogen and oxygen atoms in total. The second-order valence-electron chi connectivity index (χ2n) is 2.43. The number of hydrogen-bond acceptors (Lipinski definition) is 4. The number of halogens is 2. The van der Waals surface area contributed by atoms with E-state index in [0.29, 0.717) is 0 Å². The standard InChI is InChI=1S/C8HCl2N3O2/c9-7-4(2-11)1-6(13(14)15)8(10)5(7)3-12/h1H. The van der Waals surface area contributed by atoms with Gasteiger partial charge in [-0.2, -0.15) is 10.5 Å². The maximum atomic E-state index is 10.5. The van der Waals surface area contributed by atoms with E-state index in [4.69, 9.17) is 33.7 Å². The third-order valence-electron chi connectivity index (χ3n) is 1.61. The summed E-state index contributed by atoms with van der Waals surface area (Å²) in [7, 11) is 0. The van der Waals surface area contributed by atoms with Gasteiger partial charge in [0, 0.05) is 6.07 Å². The lowest BCUT2D eigenvalue weighted by molar-refractivity contribution is -0.384. The molecule has 0 aliphatic heterocycles. The first-order valence-corrected chi connectivity index (χ1v) is 4.25. The number of nitro benzene ring substituents is 1. The van der Waals surface area contributed by atoms with Crippen LogP contribution in [0.15, 0.2) is 6.07 Å². The lowest BCUT2D eigenvalue weighted by Crippen LogP contribution is -1.94. The Bertz CT molecular complexity index is 528. The maximum absolute atomic E-state index is 10.5. The molecule has 1 aromatic rings. The lowest BCUT2D eigenvalue weighted by Gasteiger charge is -2.01. The van der Waals surface area contributed by atoms with Crippen LogP contribution in [-0.4, -0.2) is 4.92 Å². The Kier molecular flexibility index (Phi) is 3.11. The molecule has 0 unspecified atom stereocenters. The predicted molar refractivity (Wildman–Crippen MR) is 52.5 cm³/mol. The van der Waals surface area contributed by atoms with Crippen molar-refractivity contribution in [2.45, 2.75) is 0 Å². The van der Waals surface area contributed by atoms with Crippen molar-refractivity contribution in [3.8, 4) is 12.1 Å². The normalized spacial score (nSPS) is 9.07. The largest absolute Gasteiger partial charge is 0.290 e. The molecule has 0 aliphatic carbocycles. The fourth-order valence-electron chi connectivity index (χ4n) is 0.935. The van der Waals surface area contributed by atoms with Crippen LogP contribution in [0, 0.1) is 32.8 Å². The molecule has 0 bridgehead atoms. The van der Waals surface area contributed by atoms with E-state index in [0.717, 1.165) is 6.07 Å². The zero-order valence-electron chi connectivity index (χ0n) is 6.99. The zero-order valence-corrected chi connectivity index (χ0v) is 8.50. The van der Waals surface area contributed by atoms with Crippen molar-refractivity contribution in [1.82, 2.24) is 0 Å². The Hall–Kier alpha value is -1.82. The van der Waals surface area contributed by atoms with Gasteiger partial charge in [-0.15, -0.1) is 0 Å². The van der Waals surface area contributed by atoms with Crippen LogP contribution >= 0.6 is 23.2 Å². The molecule has 15 heavy (non-hydrogen) atoms. The Morgan fingerprint density at radius 1 is 1.27 bits per heavy atom. The molecule has 0 N–H and O–H groups in total.